The molecule has 4 heterocycles. The zero-order valence-corrected chi connectivity index (χ0v) is 16.7. The Balaban J connectivity index is 1.71. The van der Waals surface area contributed by atoms with Crippen LogP contribution in [0.1, 0.15) is 28.0 Å². The van der Waals surface area contributed by atoms with Gasteiger partial charge in [0, 0.05) is 19.3 Å². The molecule has 0 unspecified atom stereocenters. The molecule has 28 heavy (non-hydrogen) atoms. The Morgan fingerprint density at radius 1 is 1.18 bits per heavy atom. The van der Waals surface area contributed by atoms with E-state index in [-0.39, 0.29) is 5.91 Å². The number of carbonyl (C=O) groups excluding carboxylic acids is 1. The lowest BCUT2D eigenvalue weighted by molar-refractivity contribution is 0.0986. The lowest BCUT2D eigenvalue weighted by Crippen LogP contribution is -2.35. The fraction of sp³-hybridized carbons (Fsp3) is 0.227. The molecule has 4 aromatic rings. The van der Waals surface area contributed by atoms with Crippen molar-refractivity contribution in [2.75, 3.05) is 11.4 Å². The van der Waals surface area contributed by atoms with Crippen molar-refractivity contribution in [1.82, 2.24) is 14.8 Å². The van der Waals surface area contributed by atoms with Crippen molar-refractivity contribution in [3.05, 3.63) is 64.7 Å². The second kappa shape index (κ2) is 6.56. The number of carbonyl (C=O) groups is 1. The number of benzene rings is 1. The minimum Gasteiger partial charge on any atom is -0.308 e. The van der Waals surface area contributed by atoms with E-state index in [4.69, 9.17) is 4.98 Å². The van der Waals surface area contributed by atoms with Crippen molar-refractivity contribution in [2.24, 2.45) is 7.05 Å². The van der Waals surface area contributed by atoms with Crippen molar-refractivity contribution in [2.45, 2.75) is 19.8 Å². The molecule has 1 aliphatic heterocycles. The molecule has 0 radical (unpaired) electrons. The van der Waals surface area contributed by atoms with Gasteiger partial charge in [-0.3, -0.25) is 9.48 Å². The molecule has 0 atom stereocenters. The Kier molecular flexibility index (Phi) is 4.02. The number of thiophene rings is 1. The van der Waals surface area contributed by atoms with Crippen LogP contribution >= 0.6 is 11.3 Å². The number of aryl methyl sites for hydroxylation is 3. The summed E-state index contributed by atoms with van der Waals surface area (Å²) in [4.78, 5) is 21.5. The molecule has 5 rings (SSSR count). The van der Waals surface area contributed by atoms with E-state index < -0.39 is 0 Å². The lowest BCUT2D eigenvalue weighted by atomic mass is 10.00. The monoisotopic (exact) mass is 388 g/mol. The highest BCUT2D eigenvalue weighted by atomic mass is 32.1. The minimum atomic E-state index is 0.0217. The maximum Gasteiger partial charge on any atom is 0.259 e. The summed E-state index contributed by atoms with van der Waals surface area (Å²) in [6.07, 6.45) is 1.98. The van der Waals surface area contributed by atoms with E-state index in [0.717, 1.165) is 52.4 Å². The van der Waals surface area contributed by atoms with Crippen LogP contribution < -0.4 is 4.90 Å². The van der Waals surface area contributed by atoms with Gasteiger partial charge in [0.1, 0.15) is 0 Å². The van der Waals surface area contributed by atoms with E-state index in [1.165, 1.54) is 5.56 Å². The lowest BCUT2D eigenvalue weighted by Gasteiger charge is -2.29. The van der Waals surface area contributed by atoms with E-state index in [1.807, 2.05) is 60.6 Å². The van der Waals surface area contributed by atoms with Crippen LogP contribution in [0.25, 0.3) is 21.6 Å². The van der Waals surface area contributed by atoms with E-state index >= 15 is 0 Å². The molecule has 5 nitrogen and oxygen atoms in total. The van der Waals surface area contributed by atoms with Crippen LogP contribution in [0.4, 0.5) is 5.69 Å². The van der Waals surface area contributed by atoms with Gasteiger partial charge < -0.3 is 4.90 Å². The summed E-state index contributed by atoms with van der Waals surface area (Å²) in [7, 11) is 1.88. The van der Waals surface area contributed by atoms with Crippen LogP contribution in [0, 0.1) is 6.92 Å². The number of rotatable bonds is 2. The molecular weight excluding hydrogens is 368 g/mol. The van der Waals surface area contributed by atoms with Crippen LogP contribution in [-0.2, 0) is 13.5 Å². The first-order chi connectivity index (χ1) is 13.6. The summed E-state index contributed by atoms with van der Waals surface area (Å²) in [5, 5.41) is 7.40. The average molecular weight is 388 g/mol. The van der Waals surface area contributed by atoms with Gasteiger partial charge in [0.05, 0.1) is 27.2 Å². The minimum absolute atomic E-state index is 0.0217. The number of fused-ring (bicyclic) bond motifs is 2. The Bertz CT molecular complexity index is 1190. The van der Waals surface area contributed by atoms with Crippen LogP contribution in [0.5, 0.6) is 0 Å². The highest BCUT2D eigenvalue weighted by molar-refractivity contribution is 7.13. The molecule has 0 aliphatic carbocycles. The largest absolute Gasteiger partial charge is 0.308 e. The van der Waals surface area contributed by atoms with Crippen LogP contribution in [-0.4, -0.2) is 27.2 Å². The first-order valence-corrected chi connectivity index (χ1v) is 10.3. The first kappa shape index (κ1) is 17.1. The van der Waals surface area contributed by atoms with Crippen molar-refractivity contribution in [3.63, 3.8) is 0 Å². The second-order valence-corrected chi connectivity index (χ2v) is 8.08. The summed E-state index contributed by atoms with van der Waals surface area (Å²) in [5.74, 6) is 0.0217. The van der Waals surface area contributed by atoms with Gasteiger partial charge in [0.2, 0.25) is 0 Å². The maximum absolute atomic E-state index is 13.7. The zero-order valence-electron chi connectivity index (χ0n) is 15.8. The summed E-state index contributed by atoms with van der Waals surface area (Å²) in [5.41, 5.74) is 5.32. The molecule has 0 bridgehead atoms. The molecule has 0 fully saturated rings. The Morgan fingerprint density at radius 2 is 2.04 bits per heavy atom. The Hall–Kier alpha value is -2.99. The average Bonchev–Trinajstić information content (AvgIpc) is 3.35. The third-order valence-electron chi connectivity index (χ3n) is 5.33. The SMILES string of the molecule is Cc1nn(C)c2nc(-c3cccs3)cc(C(=O)N3CCCc4ccccc43)c12. The van der Waals surface area contributed by atoms with Crippen molar-refractivity contribution >= 4 is 34.0 Å². The Labute approximate surface area is 167 Å². The number of anilines is 1. The highest BCUT2D eigenvalue weighted by Crippen LogP contribution is 2.33. The molecule has 0 saturated heterocycles. The number of amides is 1. The predicted molar refractivity (Wildman–Crippen MR) is 113 cm³/mol. The maximum atomic E-state index is 13.7. The number of aromatic nitrogens is 3. The molecule has 0 saturated carbocycles. The number of nitrogens with zero attached hydrogens (tertiary/aromatic N) is 4. The first-order valence-electron chi connectivity index (χ1n) is 9.41. The van der Waals surface area contributed by atoms with E-state index in [0.29, 0.717) is 5.56 Å². The fourth-order valence-corrected chi connectivity index (χ4v) is 4.74. The summed E-state index contributed by atoms with van der Waals surface area (Å²) < 4.78 is 1.77. The van der Waals surface area contributed by atoms with Crippen molar-refractivity contribution in [1.29, 1.82) is 0 Å². The van der Waals surface area contributed by atoms with Gasteiger partial charge in [-0.2, -0.15) is 5.10 Å². The molecule has 140 valence electrons. The van der Waals surface area contributed by atoms with Gasteiger partial charge in [-0.05, 0) is 48.9 Å². The third kappa shape index (κ3) is 2.64. The van der Waals surface area contributed by atoms with E-state index in [9.17, 15) is 4.79 Å². The van der Waals surface area contributed by atoms with Crippen LogP contribution in [0.15, 0.2) is 47.8 Å². The number of pyridine rings is 1. The summed E-state index contributed by atoms with van der Waals surface area (Å²) >= 11 is 1.62. The number of hydrogen-bond acceptors (Lipinski definition) is 4. The van der Waals surface area contributed by atoms with Gasteiger partial charge >= 0.3 is 0 Å². The molecule has 0 N–H and O–H groups in total. The smallest absolute Gasteiger partial charge is 0.259 e. The molecule has 1 aromatic carbocycles. The quantitative estimate of drug-likeness (QED) is 0.504. The number of para-hydroxylation sites is 1. The number of hydrogen-bond donors (Lipinski definition) is 0. The third-order valence-corrected chi connectivity index (χ3v) is 6.22. The fourth-order valence-electron chi connectivity index (χ4n) is 4.05. The van der Waals surface area contributed by atoms with E-state index in [1.54, 1.807) is 16.0 Å². The molecule has 3 aromatic heterocycles. The topological polar surface area (TPSA) is 51.0 Å². The van der Waals surface area contributed by atoms with Gasteiger partial charge in [-0.1, -0.05) is 24.3 Å². The predicted octanol–water partition coefficient (Wildman–Crippen LogP) is 4.60. The van der Waals surface area contributed by atoms with Crippen molar-refractivity contribution in [3.8, 4) is 10.6 Å². The standard InChI is InChI=1S/C22H20N4OS/c1-14-20-16(22(27)26-11-5-8-15-7-3-4-9-18(15)26)13-17(19-10-6-12-28-19)23-21(20)25(2)24-14/h3-4,6-7,9-10,12-13H,5,8,11H2,1-2H3. The highest BCUT2D eigenvalue weighted by Gasteiger charge is 2.27. The van der Waals surface area contributed by atoms with Gasteiger partial charge in [-0.15, -0.1) is 11.3 Å². The Morgan fingerprint density at radius 3 is 2.86 bits per heavy atom. The molecule has 1 amide bonds. The molecular formula is C22H20N4OS. The molecule has 6 heteroatoms. The summed E-state index contributed by atoms with van der Waals surface area (Å²) in [6.45, 7) is 2.67. The molecule has 1 aliphatic rings. The van der Waals surface area contributed by atoms with Crippen LogP contribution in [0.2, 0.25) is 0 Å². The van der Waals surface area contributed by atoms with Crippen LogP contribution in [0.3, 0.4) is 0 Å². The normalized spacial score (nSPS) is 13.7. The van der Waals surface area contributed by atoms with E-state index in [2.05, 4.69) is 11.2 Å². The zero-order chi connectivity index (χ0) is 19.3. The van der Waals surface area contributed by atoms with Gasteiger partial charge in [-0.25, -0.2) is 4.98 Å². The summed E-state index contributed by atoms with van der Waals surface area (Å²) in [6, 6.07) is 14.2. The van der Waals surface area contributed by atoms with Crippen molar-refractivity contribution < 1.29 is 4.79 Å². The molecule has 0 spiro atoms. The van der Waals surface area contributed by atoms with Gasteiger partial charge in [0.25, 0.3) is 5.91 Å². The second-order valence-electron chi connectivity index (χ2n) is 7.13. The van der Waals surface area contributed by atoms with Gasteiger partial charge in [0.15, 0.2) is 5.65 Å².